The quantitative estimate of drug-likeness (QED) is 0.119. The molecule has 0 aliphatic carbocycles. The number of nitrogens with one attached hydrogen (secondary N) is 1. The fourth-order valence-corrected chi connectivity index (χ4v) is 5.32. The van der Waals surface area contributed by atoms with Crippen molar-refractivity contribution < 1.29 is 93.9 Å². The van der Waals surface area contributed by atoms with E-state index in [0.717, 1.165) is 48.5 Å². The molecule has 2 saturated heterocycles. The lowest BCUT2D eigenvalue weighted by molar-refractivity contribution is -0.350. The molecule has 2 aliphatic heterocycles. The summed E-state index contributed by atoms with van der Waals surface area (Å²) >= 11 is 0. The first-order valence-corrected chi connectivity index (χ1v) is 15.4. The third-order valence-electron chi connectivity index (χ3n) is 6.20. The smallest absolute Gasteiger partial charge is 0.305 e. The Bertz CT molecular complexity index is 1330. The first-order valence-electron chi connectivity index (χ1n) is 14.0. The van der Waals surface area contributed by atoms with E-state index < -0.39 is 127 Å². The maximum Gasteiger partial charge on any atom is 0.305 e. The summed E-state index contributed by atoms with van der Waals surface area (Å²) in [6, 6.07) is -2.07. The van der Waals surface area contributed by atoms with Crippen molar-refractivity contribution in [3.63, 3.8) is 0 Å². The molecule has 0 aromatic rings. The van der Waals surface area contributed by atoms with Crippen LogP contribution in [0.5, 0.6) is 0 Å². The highest BCUT2D eigenvalue weighted by atomic mass is 32.2. The fraction of sp³-hybridized carbons (Fsp3) is 0.731. The van der Waals surface area contributed by atoms with Gasteiger partial charge in [0.1, 0.15) is 31.5 Å². The molecule has 2 heterocycles. The summed E-state index contributed by atoms with van der Waals surface area (Å²) in [4.78, 5) is 83.9. The Balaban J connectivity index is 2.76. The van der Waals surface area contributed by atoms with Crippen molar-refractivity contribution in [2.24, 2.45) is 0 Å². The first-order chi connectivity index (χ1) is 22.2. The highest BCUT2D eigenvalue weighted by molar-refractivity contribution is 7.83. The molecule has 0 bridgehead atoms. The standard InChI is InChI=1S/C26H37NO20S/c1-10(28)38-8-17-20(40-12(3)30)22(42-14(5)32)19(27-48(35,36)37)25(45-17)47-24-23(43-15(6)33)21(41-13(4)31)18(9-39-11(2)29)46-26(24)44-16(7)34/h17-27H,8-9H2,1-7H3,(H,35,36,37)/p-1/t17-,18-,19-,20-,21-,22-,23+,24+,25-,26+/m1/s1. The lowest BCUT2D eigenvalue weighted by Crippen LogP contribution is -2.69. The average molecular weight is 715 g/mol. The van der Waals surface area contributed by atoms with Gasteiger partial charge in [0.2, 0.25) is 6.29 Å². The lowest BCUT2D eigenvalue weighted by atomic mass is 9.95. The van der Waals surface area contributed by atoms with Gasteiger partial charge in [-0.15, -0.1) is 0 Å². The Labute approximate surface area is 273 Å². The minimum atomic E-state index is -5.47. The molecule has 2 aliphatic rings. The summed E-state index contributed by atoms with van der Waals surface area (Å²) < 4.78 is 91.5. The van der Waals surface area contributed by atoms with Crippen LogP contribution in [-0.4, -0.2) is 129 Å². The number of carbonyl (C=O) groups is 7. The molecule has 48 heavy (non-hydrogen) atoms. The molecule has 0 amide bonds. The maximum atomic E-state index is 12.3. The van der Waals surface area contributed by atoms with Crippen LogP contribution < -0.4 is 4.72 Å². The number of ether oxygens (including phenoxy) is 10. The zero-order chi connectivity index (χ0) is 36.5. The second-order valence-electron chi connectivity index (χ2n) is 10.3. The molecule has 21 nitrogen and oxygen atoms in total. The predicted octanol–water partition coefficient (Wildman–Crippen LogP) is -2.34. The molecular formula is C26H36NO20S-. The highest BCUT2D eigenvalue weighted by Crippen LogP contribution is 2.34. The molecule has 2 fully saturated rings. The Morgan fingerprint density at radius 2 is 0.917 bits per heavy atom. The van der Waals surface area contributed by atoms with Crippen LogP contribution in [-0.2, 0) is 91.2 Å². The Hall–Kier alpha value is -3.96. The molecule has 0 saturated carbocycles. The minimum absolute atomic E-state index is 0.628. The molecular weight excluding hydrogens is 678 g/mol. The van der Waals surface area contributed by atoms with Gasteiger partial charge in [0, 0.05) is 48.5 Å². The van der Waals surface area contributed by atoms with Gasteiger partial charge < -0.3 is 51.9 Å². The lowest BCUT2D eigenvalue weighted by Gasteiger charge is -2.49. The van der Waals surface area contributed by atoms with Crippen LogP contribution in [0.25, 0.3) is 0 Å². The van der Waals surface area contributed by atoms with Crippen molar-refractivity contribution in [2.45, 2.75) is 110 Å². The van der Waals surface area contributed by atoms with Crippen molar-refractivity contribution >= 4 is 52.1 Å². The van der Waals surface area contributed by atoms with E-state index in [2.05, 4.69) is 0 Å². The van der Waals surface area contributed by atoms with Crippen molar-refractivity contribution in [1.29, 1.82) is 0 Å². The van der Waals surface area contributed by atoms with Gasteiger partial charge in [0.15, 0.2) is 47.1 Å². The zero-order valence-electron chi connectivity index (χ0n) is 26.8. The monoisotopic (exact) mass is 714 g/mol. The van der Waals surface area contributed by atoms with Crippen LogP contribution in [0, 0.1) is 0 Å². The van der Waals surface area contributed by atoms with Crippen LogP contribution in [0.15, 0.2) is 0 Å². The summed E-state index contributed by atoms with van der Waals surface area (Å²) in [5, 5.41) is 0. The fourth-order valence-electron chi connectivity index (χ4n) is 4.74. The summed E-state index contributed by atoms with van der Waals surface area (Å²) in [5.41, 5.74) is 0. The van der Waals surface area contributed by atoms with Crippen LogP contribution in [0.3, 0.4) is 0 Å². The first kappa shape index (κ1) is 40.2. The van der Waals surface area contributed by atoms with E-state index in [0.29, 0.717) is 0 Å². The number of esters is 7. The molecule has 2 rings (SSSR count). The largest absolute Gasteiger partial charge is 0.735 e. The molecule has 0 aromatic carbocycles. The van der Waals surface area contributed by atoms with E-state index >= 15 is 0 Å². The number of hydrogen-bond donors (Lipinski definition) is 1. The van der Waals surface area contributed by atoms with Crippen molar-refractivity contribution in [3.8, 4) is 0 Å². The van der Waals surface area contributed by atoms with Gasteiger partial charge in [-0.1, -0.05) is 0 Å². The molecule has 10 atom stereocenters. The van der Waals surface area contributed by atoms with E-state index in [1.165, 1.54) is 0 Å². The number of hydrogen-bond acceptors (Lipinski definition) is 20. The molecule has 1 N–H and O–H groups in total. The summed E-state index contributed by atoms with van der Waals surface area (Å²) in [6.45, 7) is 5.43. The van der Waals surface area contributed by atoms with Gasteiger partial charge in [-0.3, -0.25) is 33.6 Å². The predicted molar refractivity (Wildman–Crippen MR) is 146 cm³/mol. The molecule has 22 heteroatoms. The molecule has 0 radical (unpaired) electrons. The second-order valence-corrected chi connectivity index (χ2v) is 11.4. The van der Waals surface area contributed by atoms with Gasteiger partial charge in [-0.2, -0.15) is 0 Å². The Morgan fingerprint density at radius 3 is 1.31 bits per heavy atom. The van der Waals surface area contributed by atoms with Crippen LogP contribution >= 0.6 is 0 Å². The van der Waals surface area contributed by atoms with Gasteiger partial charge in [-0.25, -0.2) is 13.1 Å². The normalized spacial score (nSPS) is 30.2. The van der Waals surface area contributed by atoms with Gasteiger partial charge in [-0.05, 0) is 0 Å². The maximum absolute atomic E-state index is 12.3. The molecule has 272 valence electrons. The average Bonchev–Trinajstić information content (AvgIpc) is 2.90. The topological polar surface area (TPSA) is 281 Å². The van der Waals surface area contributed by atoms with Crippen molar-refractivity contribution in [1.82, 2.24) is 4.72 Å². The molecule has 0 spiro atoms. The minimum Gasteiger partial charge on any atom is -0.735 e. The van der Waals surface area contributed by atoms with E-state index in [-0.39, 0.29) is 0 Å². The number of rotatable bonds is 13. The van der Waals surface area contributed by atoms with E-state index in [1.807, 2.05) is 0 Å². The van der Waals surface area contributed by atoms with Crippen LogP contribution in [0.4, 0.5) is 0 Å². The van der Waals surface area contributed by atoms with E-state index in [4.69, 9.17) is 47.4 Å². The third-order valence-corrected chi connectivity index (χ3v) is 6.76. The van der Waals surface area contributed by atoms with E-state index in [9.17, 15) is 46.5 Å². The third kappa shape index (κ3) is 12.6. The second kappa shape index (κ2) is 17.4. The molecule has 0 unspecified atom stereocenters. The van der Waals surface area contributed by atoms with Crippen molar-refractivity contribution in [3.05, 3.63) is 0 Å². The zero-order valence-corrected chi connectivity index (χ0v) is 27.6. The SMILES string of the molecule is CC(=O)OC[C@H]1O[C@H](OC(C)=O)[C@@H](O[C@H]2O[C@H](COC(C)=O)[C@@H](OC(C)=O)[C@H](OC(C)=O)[C@H]2NS(=O)(=O)[O-])[C@@H](OC(C)=O)[C@@H]1OC(C)=O. The van der Waals surface area contributed by atoms with Gasteiger partial charge in [0.05, 0.1) is 0 Å². The van der Waals surface area contributed by atoms with Crippen molar-refractivity contribution in [2.75, 3.05) is 13.2 Å². The number of carbonyl (C=O) groups excluding carboxylic acids is 7. The Kier molecular flexibility index (Phi) is 14.6. The Morgan fingerprint density at radius 1 is 0.542 bits per heavy atom. The van der Waals surface area contributed by atoms with Crippen LogP contribution in [0.2, 0.25) is 0 Å². The summed E-state index contributed by atoms with van der Waals surface area (Å²) in [5.74, 6) is -6.68. The molecule has 0 aromatic heterocycles. The van der Waals surface area contributed by atoms with Gasteiger partial charge in [0.25, 0.3) is 0 Å². The van der Waals surface area contributed by atoms with Crippen LogP contribution in [0.1, 0.15) is 48.5 Å². The summed E-state index contributed by atoms with van der Waals surface area (Å²) in [6.07, 6.45) is -16.1. The highest BCUT2D eigenvalue weighted by Gasteiger charge is 2.57. The van der Waals surface area contributed by atoms with Gasteiger partial charge >= 0.3 is 41.8 Å². The summed E-state index contributed by atoms with van der Waals surface area (Å²) in [7, 11) is -5.47. The van der Waals surface area contributed by atoms with E-state index in [1.54, 1.807) is 4.72 Å².